The SMILES string of the molecule is C=C(O)CSCCCCCCOC. The van der Waals surface area contributed by atoms with Crippen LogP contribution in [-0.4, -0.2) is 30.3 Å². The maximum atomic E-state index is 8.79. The van der Waals surface area contributed by atoms with Crippen LogP contribution in [0.2, 0.25) is 0 Å². The van der Waals surface area contributed by atoms with Crippen molar-refractivity contribution < 1.29 is 9.84 Å². The van der Waals surface area contributed by atoms with E-state index in [0.717, 1.165) is 18.8 Å². The van der Waals surface area contributed by atoms with E-state index < -0.39 is 0 Å². The standard InChI is InChI=1S/C10H20O2S/c1-10(11)9-13-8-6-4-3-5-7-12-2/h11H,1,3-9H2,2H3. The first kappa shape index (κ1) is 12.8. The Kier molecular flexibility index (Phi) is 9.82. The molecule has 0 atom stereocenters. The van der Waals surface area contributed by atoms with Crippen LogP contribution in [0.15, 0.2) is 12.3 Å². The van der Waals surface area contributed by atoms with Crippen LogP contribution < -0.4 is 0 Å². The number of aliphatic hydroxyl groups is 1. The monoisotopic (exact) mass is 204 g/mol. The fourth-order valence-corrected chi connectivity index (χ4v) is 1.78. The molecule has 0 radical (unpaired) electrons. The summed E-state index contributed by atoms with van der Waals surface area (Å²) in [5.74, 6) is 2.08. The van der Waals surface area contributed by atoms with Gasteiger partial charge in [-0.3, -0.25) is 0 Å². The minimum Gasteiger partial charge on any atom is -0.512 e. The minimum absolute atomic E-state index is 0.282. The topological polar surface area (TPSA) is 29.5 Å². The van der Waals surface area contributed by atoms with Crippen LogP contribution in [-0.2, 0) is 4.74 Å². The van der Waals surface area contributed by atoms with Gasteiger partial charge in [-0.2, -0.15) is 11.8 Å². The van der Waals surface area contributed by atoms with E-state index in [4.69, 9.17) is 9.84 Å². The largest absolute Gasteiger partial charge is 0.512 e. The maximum absolute atomic E-state index is 8.79. The summed E-state index contributed by atoms with van der Waals surface area (Å²) in [4.78, 5) is 0. The smallest absolute Gasteiger partial charge is 0.0949 e. The molecule has 0 aliphatic carbocycles. The lowest BCUT2D eigenvalue weighted by Gasteiger charge is -2.01. The van der Waals surface area contributed by atoms with Gasteiger partial charge in [0.1, 0.15) is 0 Å². The maximum Gasteiger partial charge on any atom is 0.0949 e. The predicted octanol–water partition coefficient (Wildman–Crippen LogP) is 3.00. The van der Waals surface area contributed by atoms with Gasteiger partial charge in [0, 0.05) is 13.7 Å². The number of hydrogen-bond acceptors (Lipinski definition) is 3. The normalized spacial score (nSPS) is 10.2. The summed E-state index contributed by atoms with van der Waals surface area (Å²) in [6.45, 7) is 4.31. The molecule has 0 aromatic carbocycles. The van der Waals surface area contributed by atoms with Gasteiger partial charge < -0.3 is 9.84 Å². The summed E-state index contributed by atoms with van der Waals surface area (Å²) in [6.07, 6.45) is 4.89. The second-order valence-electron chi connectivity index (χ2n) is 3.03. The van der Waals surface area contributed by atoms with Gasteiger partial charge in [0.25, 0.3) is 0 Å². The molecule has 0 fully saturated rings. The number of unbranched alkanes of at least 4 members (excludes halogenated alkanes) is 3. The summed E-state index contributed by atoms with van der Waals surface area (Å²) in [7, 11) is 1.74. The molecule has 0 aromatic heterocycles. The summed E-state index contributed by atoms with van der Waals surface area (Å²) in [5.41, 5.74) is 0. The van der Waals surface area contributed by atoms with Gasteiger partial charge in [0.05, 0.1) is 11.5 Å². The van der Waals surface area contributed by atoms with E-state index in [0.29, 0.717) is 5.75 Å². The fourth-order valence-electron chi connectivity index (χ4n) is 0.994. The zero-order valence-corrected chi connectivity index (χ0v) is 9.24. The molecule has 0 spiro atoms. The van der Waals surface area contributed by atoms with Crippen molar-refractivity contribution in [2.45, 2.75) is 25.7 Å². The molecule has 0 amide bonds. The van der Waals surface area contributed by atoms with Crippen LogP contribution in [0.1, 0.15) is 25.7 Å². The van der Waals surface area contributed by atoms with Gasteiger partial charge in [-0.25, -0.2) is 0 Å². The lowest BCUT2D eigenvalue weighted by atomic mass is 10.2. The Bertz CT molecular complexity index is 126. The molecule has 1 N–H and O–H groups in total. The Labute approximate surface area is 85.4 Å². The number of methoxy groups -OCH3 is 1. The van der Waals surface area contributed by atoms with E-state index in [9.17, 15) is 0 Å². The van der Waals surface area contributed by atoms with Gasteiger partial charge in [0.2, 0.25) is 0 Å². The van der Waals surface area contributed by atoms with E-state index in [2.05, 4.69) is 6.58 Å². The Morgan fingerprint density at radius 3 is 2.62 bits per heavy atom. The van der Waals surface area contributed by atoms with Crippen LogP contribution >= 0.6 is 11.8 Å². The Balaban J connectivity index is 2.87. The number of thioether (sulfide) groups is 1. The second kappa shape index (κ2) is 9.93. The lowest BCUT2D eigenvalue weighted by molar-refractivity contribution is 0.192. The van der Waals surface area contributed by atoms with Crippen molar-refractivity contribution in [3.63, 3.8) is 0 Å². The highest BCUT2D eigenvalue weighted by atomic mass is 32.2. The first-order valence-corrected chi connectivity index (χ1v) is 5.86. The van der Waals surface area contributed by atoms with Crippen molar-refractivity contribution in [2.24, 2.45) is 0 Å². The average Bonchev–Trinajstić information content (AvgIpc) is 2.09. The quantitative estimate of drug-likeness (QED) is 0.462. The van der Waals surface area contributed by atoms with Gasteiger partial charge >= 0.3 is 0 Å². The first-order chi connectivity index (χ1) is 6.27. The summed E-state index contributed by atoms with van der Waals surface area (Å²) >= 11 is 1.74. The molecule has 0 saturated heterocycles. The fraction of sp³-hybridized carbons (Fsp3) is 0.800. The van der Waals surface area contributed by atoms with Gasteiger partial charge in [0.15, 0.2) is 0 Å². The number of rotatable bonds is 9. The van der Waals surface area contributed by atoms with E-state index in [1.165, 1.54) is 19.3 Å². The van der Waals surface area contributed by atoms with E-state index in [-0.39, 0.29) is 5.76 Å². The first-order valence-electron chi connectivity index (χ1n) is 4.70. The highest BCUT2D eigenvalue weighted by Crippen LogP contribution is 2.09. The third-order valence-corrected chi connectivity index (χ3v) is 2.77. The Morgan fingerprint density at radius 1 is 1.31 bits per heavy atom. The second-order valence-corrected chi connectivity index (χ2v) is 4.13. The molecule has 0 saturated carbocycles. The van der Waals surface area contributed by atoms with Crippen LogP contribution in [0.5, 0.6) is 0 Å². The van der Waals surface area contributed by atoms with Crippen molar-refractivity contribution >= 4 is 11.8 Å². The molecule has 0 rings (SSSR count). The minimum atomic E-state index is 0.282. The van der Waals surface area contributed by atoms with Crippen LogP contribution in [0.25, 0.3) is 0 Å². The van der Waals surface area contributed by atoms with Gasteiger partial charge in [-0.05, 0) is 18.6 Å². The van der Waals surface area contributed by atoms with Crippen molar-refractivity contribution in [1.82, 2.24) is 0 Å². The molecular weight excluding hydrogens is 184 g/mol. The molecule has 0 bridgehead atoms. The van der Waals surface area contributed by atoms with Crippen LogP contribution in [0.4, 0.5) is 0 Å². The molecular formula is C10H20O2S. The third-order valence-electron chi connectivity index (χ3n) is 1.66. The molecule has 0 aromatic rings. The number of ether oxygens (including phenoxy) is 1. The van der Waals surface area contributed by atoms with Crippen LogP contribution in [0.3, 0.4) is 0 Å². The molecule has 0 aliphatic heterocycles. The van der Waals surface area contributed by atoms with Crippen molar-refractivity contribution in [3.8, 4) is 0 Å². The molecule has 3 heteroatoms. The van der Waals surface area contributed by atoms with Crippen molar-refractivity contribution in [2.75, 3.05) is 25.2 Å². The molecule has 0 aliphatic rings. The molecule has 0 heterocycles. The third kappa shape index (κ3) is 11.9. The van der Waals surface area contributed by atoms with Gasteiger partial charge in [-0.15, -0.1) is 0 Å². The van der Waals surface area contributed by atoms with Crippen molar-refractivity contribution in [3.05, 3.63) is 12.3 Å². The summed E-state index contributed by atoms with van der Waals surface area (Å²) in [5, 5.41) is 8.79. The zero-order chi connectivity index (χ0) is 9.94. The van der Waals surface area contributed by atoms with E-state index in [1.54, 1.807) is 18.9 Å². The Hall–Kier alpha value is -0.150. The molecule has 13 heavy (non-hydrogen) atoms. The molecule has 78 valence electrons. The Morgan fingerprint density at radius 2 is 2.00 bits per heavy atom. The van der Waals surface area contributed by atoms with Gasteiger partial charge in [-0.1, -0.05) is 19.4 Å². The average molecular weight is 204 g/mol. The number of hydrogen-bond donors (Lipinski definition) is 1. The van der Waals surface area contributed by atoms with Crippen LogP contribution in [0, 0.1) is 0 Å². The predicted molar refractivity (Wildman–Crippen MR) is 59.4 cm³/mol. The lowest BCUT2D eigenvalue weighted by Crippen LogP contribution is -1.90. The van der Waals surface area contributed by atoms with E-state index in [1.807, 2.05) is 0 Å². The highest BCUT2D eigenvalue weighted by Gasteiger charge is 1.92. The molecule has 2 nitrogen and oxygen atoms in total. The molecule has 0 unspecified atom stereocenters. The highest BCUT2D eigenvalue weighted by molar-refractivity contribution is 7.99. The zero-order valence-electron chi connectivity index (χ0n) is 8.42. The summed E-state index contributed by atoms with van der Waals surface area (Å²) < 4.78 is 4.95. The number of aliphatic hydroxyl groups excluding tert-OH is 1. The summed E-state index contributed by atoms with van der Waals surface area (Å²) in [6, 6.07) is 0. The van der Waals surface area contributed by atoms with E-state index >= 15 is 0 Å². The van der Waals surface area contributed by atoms with Crippen molar-refractivity contribution in [1.29, 1.82) is 0 Å².